The van der Waals surface area contributed by atoms with Crippen LogP contribution in [-0.4, -0.2) is 35.0 Å². The van der Waals surface area contributed by atoms with Gasteiger partial charge in [0.05, 0.1) is 4.91 Å². The van der Waals surface area contributed by atoms with Crippen molar-refractivity contribution in [1.82, 2.24) is 10.2 Å². The number of thioether (sulfide) groups is 1. The van der Waals surface area contributed by atoms with Crippen LogP contribution in [0.4, 0.5) is 4.79 Å². The van der Waals surface area contributed by atoms with Gasteiger partial charge in [0.25, 0.3) is 11.1 Å². The van der Waals surface area contributed by atoms with E-state index in [1.54, 1.807) is 30.3 Å². The third kappa shape index (κ3) is 4.97. The van der Waals surface area contributed by atoms with Gasteiger partial charge in [-0.25, -0.2) is 0 Å². The average Bonchev–Trinajstić information content (AvgIpc) is 2.76. The van der Waals surface area contributed by atoms with Crippen molar-refractivity contribution in [3.05, 3.63) is 51.4 Å². The molecule has 1 aromatic rings. The number of amides is 3. The monoisotopic (exact) mass is 364 g/mol. The smallest absolute Gasteiger partial charge is 0.293 e. The summed E-state index contributed by atoms with van der Waals surface area (Å²) in [4.78, 5) is 37.3. The van der Waals surface area contributed by atoms with Gasteiger partial charge in [-0.15, -0.1) is 0 Å². The molecule has 1 aromatic carbocycles. The number of benzene rings is 1. The molecule has 1 fully saturated rings. The predicted octanol–water partition coefficient (Wildman–Crippen LogP) is 3.46. The van der Waals surface area contributed by atoms with Crippen molar-refractivity contribution in [2.45, 2.75) is 13.8 Å². The van der Waals surface area contributed by atoms with Crippen molar-refractivity contribution in [3.8, 4) is 0 Å². The summed E-state index contributed by atoms with van der Waals surface area (Å²) in [5.74, 6) is -0.588. The summed E-state index contributed by atoms with van der Waals surface area (Å²) in [5, 5.41) is 2.92. The lowest BCUT2D eigenvalue weighted by Gasteiger charge is -2.12. The van der Waals surface area contributed by atoms with Crippen LogP contribution in [0.25, 0.3) is 6.08 Å². The first kappa shape index (κ1) is 18.3. The zero-order chi connectivity index (χ0) is 17.7. The molecule has 5 nitrogen and oxygen atoms in total. The highest BCUT2D eigenvalue weighted by Crippen LogP contribution is 2.32. The van der Waals surface area contributed by atoms with Gasteiger partial charge in [-0.3, -0.25) is 19.3 Å². The number of carbonyl (C=O) groups is 3. The van der Waals surface area contributed by atoms with Crippen LogP contribution in [0.5, 0.6) is 0 Å². The Morgan fingerprint density at radius 3 is 2.54 bits per heavy atom. The molecule has 0 saturated carbocycles. The standard InChI is InChI=1S/C17H17ClN2O3S/c1-11(2)9-15(21)19-7-8-20-16(22)14(24-17(20)23)10-12-3-5-13(18)6-4-12/h3-6,9-10H,7-8H2,1-2H3,(H,19,21). The second kappa shape index (κ2) is 8.17. The van der Waals surface area contributed by atoms with Crippen molar-refractivity contribution in [1.29, 1.82) is 0 Å². The molecule has 7 heteroatoms. The number of imide groups is 1. The Labute approximate surface area is 149 Å². The molecular formula is C17H17ClN2O3S. The molecule has 1 aliphatic rings. The van der Waals surface area contributed by atoms with Crippen LogP contribution in [0.3, 0.4) is 0 Å². The molecule has 126 valence electrons. The molecular weight excluding hydrogens is 348 g/mol. The summed E-state index contributed by atoms with van der Waals surface area (Å²) in [6.07, 6.45) is 3.12. The lowest BCUT2D eigenvalue weighted by molar-refractivity contribution is -0.123. The van der Waals surface area contributed by atoms with E-state index in [2.05, 4.69) is 5.32 Å². The van der Waals surface area contributed by atoms with Gasteiger partial charge in [-0.05, 0) is 49.4 Å². The summed E-state index contributed by atoms with van der Waals surface area (Å²) in [5.41, 5.74) is 1.67. The number of allylic oxidation sites excluding steroid dienone is 1. The zero-order valence-electron chi connectivity index (χ0n) is 13.3. The molecule has 0 aromatic heterocycles. The van der Waals surface area contributed by atoms with Gasteiger partial charge < -0.3 is 5.32 Å². The maximum absolute atomic E-state index is 12.3. The Bertz CT molecular complexity index is 722. The topological polar surface area (TPSA) is 66.5 Å². The lowest BCUT2D eigenvalue weighted by atomic mass is 10.2. The molecule has 24 heavy (non-hydrogen) atoms. The van der Waals surface area contributed by atoms with Crippen LogP contribution in [0, 0.1) is 0 Å². The quantitative estimate of drug-likeness (QED) is 0.812. The fourth-order valence-corrected chi connectivity index (χ4v) is 3.00. The molecule has 0 unspecified atom stereocenters. The molecule has 1 aliphatic heterocycles. The Kier molecular flexibility index (Phi) is 6.23. The van der Waals surface area contributed by atoms with Crippen LogP contribution in [0.1, 0.15) is 19.4 Å². The number of hydrogen-bond acceptors (Lipinski definition) is 4. The Hall–Kier alpha value is -2.05. The lowest BCUT2D eigenvalue weighted by Crippen LogP contribution is -2.36. The molecule has 0 atom stereocenters. The van der Waals surface area contributed by atoms with Gasteiger partial charge in [0.2, 0.25) is 5.91 Å². The molecule has 3 amide bonds. The maximum Gasteiger partial charge on any atom is 0.293 e. The number of nitrogens with one attached hydrogen (secondary N) is 1. The van der Waals surface area contributed by atoms with E-state index in [9.17, 15) is 14.4 Å². The summed E-state index contributed by atoms with van der Waals surface area (Å²) in [7, 11) is 0. The van der Waals surface area contributed by atoms with Gasteiger partial charge in [0, 0.05) is 24.2 Å². The number of hydrogen-bond donors (Lipinski definition) is 1. The van der Waals surface area contributed by atoms with Crippen molar-refractivity contribution >= 4 is 46.5 Å². The molecule has 1 saturated heterocycles. The van der Waals surface area contributed by atoms with E-state index in [-0.39, 0.29) is 30.1 Å². The van der Waals surface area contributed by atoms with E-state index in [4.69, 9.17) is 11.6 Å². The van der Waals surface area contributed by atoms with Gasteiger partial charge in [-0.1, -0.05) is 29.3 Å². The Balaban J connectivity index is 1.97. The second-order valence-corrected chi connectivity index (χ2v) is 6.83. The minimum Gasteiger partial charge on any atom is -0.351 e. The number of nitrogens with zero attached hydrogens (tertiary/aromatic N) is 1. The zero-order valence-corrected chi connectivity index (χ0v) is 14.9. The second-order valence-electron chi connectivity index (χ2n) is 5.40. The first-order valence-corrected chi connectivity index (χ1v) is 8.50. The van der Waals surface area contributed by atoms with E-state index < -0.39 is 0 Å². The van der Waals surface area contributed by atoms with Crippen LogP contribution < -0.4 is 5.32 Å². The highest BCUT2D eigenvalue weighted by atomic mass is 35.5. The fraction of sp³-hybridized carbons (Fsp3) is 0.235. The third-order valence-electron chi connectivity index (χ3n) is 3.10. The summed E-state index contributed by atoms with van der Waals surface area (Å²) in [6.45, 7) is 4.00. The Morgan fingerprint density at radius 1 is 1.25 bits per heavy atom. The van der Waals surface area contributed by atoms with Gasteiger partial charge in [0.1, 0.15) is 0 Å². The van der Waals surface area contributed by atoms with Crippen LogP contribution in [0.15, 0.2) is 40.8 Å². The molecule has 0 spiro atoms. The molecule has 1 N–H and O–H groups in total. The summed E-state index contributed by atoms with van der Waals surface area (Å²) in [6, 6.07) is 6.98. The van der Waals surface area contributed by atoms with E-state index in [1.165, 1.54) is 6.08 Å². The maximum atomic E-state index is 12.3. The highest BCUT2D eigenvalue weighted by Gasteiger charge is 2.34. The predicted molar refractivity (Wildman–Crippen MR) is 96.6 cm³/mol. The van der Waals surface area contributed by atoms with Crippen LogP contribution in [-0.2, 0) is 9.59 Å². The molecule has 0 bridgehead atoms. The van der Waals surface area contributed by atoms with Crippen molar-refractivity contribution < 1.29 is 14.4 Å². The van der Waals surface area contributed by atoms with Crippen molar-refractivity contribution in [2.24, 2.45) is 0 Å². The van der Waals surface area contributed by atoms with Gasteiger partial charge in [-0.2, -0.15) is 0 Å². The summed E-state index contributed by atoms with van der Waals surface area (Å²) < 4.78 is 0. The minimum atomic E-state index is -0.351. The molecule has 2 rings (SSSR count). The number of halogens is 1. The van der Waals surface area contributed by atoms with Crippen LogP contribution in [0.2, 0.25) is 5.02 Å². The first-order valence-electron chi connectivity index (χ1n) is 7.30. The highest BCUT2D eigenvalue weighted by molar-refractivity contribution is 8.18. The van der Waals surface area contributed by atoms with Crippen molar-refractivity contribution in [2.75, 3.05) is 13.1 Å². The van der Waals surface area contributed by atoms with E-state index in [1.807, 2.05) is 13.8 Å². The van der Waals surface area contributed by atoms with E-state index in [0.717, 1.165) is 27.8 Å². The first-order chi connectivity index (χ1) is 11.4. The van der Waals surface area contributed by atoms with E-state index >= 15 is 0 Å². The van der Waals surface area contributed by atoms with E-state index in [0.29, 0.717) is 9.93 Å². The third-order valence-corrected chi connectivity index (χ3v) is 4.26. The van der Waals surface area contributed by atoms with Gasteiger partial charge >= 0.3 is 0 Å². The minimum absolute atomic E-state index is 0.144. The average molecular weight is 365 g/mol. The largest absolute Gasteiger partial charge is 0.351 e. The fourth-order valence-electron chi connectivity index (χ4n) is 2.01. The number of rotatable bonds is 5. The Morgan fingerprint density at radius 2 is 1.92 bits per heavy atom. The molecule has 1 heterocycles. The van der Waals surface area contributed by atoms with Gasteiger partial charge in [0.15, 0.2) is 0 Å². The number of carbonyl (C=O) groups excluding carboxylic acids is 3. The SMILES string of the molecule is CC(C)=CC(=O)NCCN1C(=O)SC(=Cc2ccc(Cl)cc2)C1=O. The normalized spacial score (nSPS) is 15.8. The summed E-state index contributed by atoms with van der Waals surface area (Å²) >= 11 is 6.71. The van der Waals surface area contributed by atoms with Crippen LogP contribution >= 0.6 is 23.4 Å². The molecule has 0 radical (unpaired) electrons. The van der Waals surface area contributed by atoms with Crippen molar-refractivity contribution in [3.63, 3.8) is 0 Å². The molecule has 0 aliphatic carbocycles.